The van der Waals surface area contributed by atoms with Gasteiger partial charge in [-0.2, -0.15) is 0 Å². The number of hydrogen-bond donors (Lipinski definition) is 2. The monoisotopic (exact) mass is 375 g/mol. The fraction of sp³-hybridized carbons (Fsp3) is 0.350. The molecule has 0 aliphatic carbocycles. The summed E-state index contributed by atoms with van der Waals surface area (Å²) in [5.74, 6) is 1.65. The molecule has 5 nitrogen and oxygen atoms in total. The largest absolute Gasteiger partial charge is 0.493 e. The Labute approximate surface area is 160 Å². The second kappa shape index (κ2) is 8.81. The summed E-state index contributed by atoms with van der Waals surface area (Å²) >= 11 is 6.06. The quantitative estimate of drug-likeness (QED) is 0.557. The lowest BCUT2D eigenvalue weighted by molar-refractivity contribution is 0.355. The van der Waals surface area contributed by atoms with Crippen LogP contribution < -0.4 is 20.5 Å². The van der Waals surface area contributed by atoms with E-state index in [4.69, 9.17) is 26.8 Å². The molecule has 2 aromatic rings. The normalized spacial score (nSPS) is 12.0. The lowest BCUT2D eigenvalue weighted by atomic mass is 9.86. The van der Waals surface area contributed by atoms with Crippen LogP contribution in [0.4, 0.5) is 5.69 Å². The summed E-state index contributed by atoms with van der Waals surface area (Å²) in [6.45, 7) is 4.90. The number of halogens is 1. The number of methoxy groups -OCH3 is 2. The van der Waals surface area contributed by atoms with Crippen molar-refractivity contribution in [1.29, 1.82) is 0 Å². The van der Waals surface area contributed by atoms with Gasteiger partial charge in [0, 0.05) is 23.3 Å². The SMILES string of the molecule is COc1ccc(NC(N)=NCC(C)(C)Cc2cccc(Cl)c2)cc1OC. The number of nitrogens with one attached hydrogen (secondary N) is 1. The number of nitrogens with zero attached hydrogens (tertiary/aromatic N) is 1. The maximum atomic E-state index is 6.06. The molecule has 0 radical (unpaired) electrons. The molecule has 0 heterocycles. The Bertz CT molecular complexity index is 775. The van der Waals surface area contributed by atoms with Crippen LogP contribution in [-0.2, 0) is 6.42 Å². The predicted molar refractivity (Wildman–Crippen MR) is 109 cm³/mol. The van der Waals surface area contributed by atoms with Gasteiger partial charge in [0.15, 0.2) is 17.5 Å². The van der Waals surface area contributed by atoms with Crippen molar-refractivity contribution in [1.82, 2.24) is 0 Å². The van der Waals surface area contributed by atoms with Crippen molar-refractivity contribution >= 4 is 23.2 Å². The third-order valence-electron chi connectivity index (χ3n) is 3.91. The smallest absolute Gasteiger partial charge is 0.193 e. The van der Waals surface area contributed by atoms with E-state index in [1.807, 2.05) is 36.4 Å². The van der Waals surface area contributed by atoms with E-state index >= 15 is 0 Å². The number of anilines is 1. The zero-order valence-electron chi connectivity index (χ0n) is 15.7. The molecule has 6 heteroatoms. The second-order valence-corrected chi connectivity index (χ2v) is 7.30. The maximum Gasteiger partial charge on any atom is 0.193 e. The first-order valence-electron chi connectivity index (χ1n) is 8.36. The van der Waals surface area contributed by atoms with Gasteiger partial charge in [-0.1, -0.05) is 37.6 Å². The van der Waals surface area contributed by atoms with Gasteiger partial charge in [0.2, 0.25) is 0 Å². The van der Waals surface area contributed by atoms with Crippen molar-refractivity contribution in [3.8, 4) is 11.5 Å². The first-order chi connectivity index (χ1) is 12.3. The molecule has 2 rings (SSSR count). The Morgan fingerprint density at radius 3 is 2.50 bits per heavy atom. The molecule has 0 aromatic heterocycles. The maximum absolute atomic E-state index is 6.06. The number of guanidine groups is 1. The van der Waals surface area contributed by atoms with Crippen LogP contribution in [0.5, 0.6) is 11.5 Å². The van der Waals surface area contributed by atoms with Crippen LogP contribution in [0, 0.1) is 5.41 Å². The summed E-state index contributed by atoms with van der Waals surface area (Å²) in [7, 11) is 3.19. The Hall–Kier alpha value is -2.40. The van der Waals surface area contributed by atoms with Gasteiger partial charge in [-0.3, -0.25) is 4.99 Å². The van der Waals surface area contributed by atoms with E-state index in [1.165, 1.54) is 5.56 Å². The molecule has 0 bridgehead atoms. The zero-order valence-corrected chi connectivity index (χ0v) is 16.4. The standard InChI is InChI=1S/C20H26ClN3O2/c1-20(2,12-14-6-5-7-15(21)10-14)13-23-19(22)24-16-8-9-17(25-3)18(11-16)26-4/h5-11H,12-13H2,1-4H3,(H3,22,23,24). The topological polar surface area (TPSA) is 68.9 Å². The summed E-state index contributed by atoms with van der Waals surface area (Å²) in [6, 6.07) is 13.4. The van der Waals surface area contributed by atoms with Crippen LogP contribution in [0.2, 0.25) is 5.02 Å². The molecule has 0 amide bonds. The molecule has 0 spiro atoms. The molecule has 0 fully saturated rings. The first-order valence-corrected chi connectivity index (χ1v) is 8.74. The number of ether oxygens (including phenoxy) is 2. The molecule has 2 aromatic carbocycles. The molecule has 3 N–H and O–H groups in total. The van der Waals surface area contributed by atoms with Gasteiger partial charge in [-0.05, 0) is 41.7 Å². The van der Waals surface area contributed by atoms with Gasteiger partial charge in [-0.15, -0.1) is 0 Å². The molecule has 0 aliphatic rings. The number of nitrogens with two attached hydrogens (primary N) is 1. The van der Waals surface area contributed by atoms with Crippen LogP contribution in [0.15, 0.2) is 47.5 Å². The summed E-state index contributed by atoms with van der Waals surface area (Å²) in [5.41, 5.74) is 7.96. The van der Waals surface area contributed by atoms with E-state index in [-0.39, 0.29) is 5.41 Å². The minimum atomic E-state index is -0.0470. The number of aliphatic imine (C=N–C) groups is 1. The lowest BCUT2D eigenvalue weighted by Gasteiger charge is -2.23. The highest BCUT2D eigenvalue weighted by molar-refractivity contribution is 6.30. The van der Waals surface area contributed by atoms with Crippen molar-refractivity contribution in [3.63, 3.8) is 0 Å². The molecule has 0 saturated carbocycles. The Morgan fingerprint density at radius 1 is 1.12 bits per heavy atom. The average molecular weight is 376 g/mol. The number of benzene rings is 2. The van der Waals surface area contributed by atoms with Crippen LogP contribution in [0.25, 0.3) is 0 Å². The fourth-order valence-corrected chi connectivity index (χ4v) is 2.87. The zero-order chi connectivity index (χ0) is 19.2. The molecule has 26 heavy (non-hydrogen) atoms. The van der Waals surface area contributed by atoms with Crippen molar-refractivity contribution in [3.05, 3.63) is 53.1 Å². The van der Waals surface area contributed by atoms with Crippen LogP contribution in [0.1, 0.15) is 19.4 Å². The molecular weight excluding hydrogens is 350 g/mol. The molecule has 0 aliphatic heterocycles. The summed E-state index contributed by atoms with van der Waals surface area (Å²) < 4.78 is 10.5. The van der Waals surface area contributed by atoms with Crippen molar-refractivity contribution in [2.75, 3.05) is 26.1 Å². The summed E-state index contributed by atoms with van der Waals surface area (Å²) in [5, 5.41) is 3.83. The van der Waals surface area contributed by atoms with E-state index in [1.54, 1.807) is 14.2 Å². The third-order valence-corrected chi connectivity index (χ3v) is 4.14. The lowest BCUT2D eigenvalue weighted by Crippen LogP contribution is -2.26. The minimum absolute atomic E-state index is 0.0470. The first kappa shape index (κ1) is 19.9. The summed E-state index contributed by atoms with van der Waals surface area (Å²) in [6.07, 6.45) is 0.862. The Kier molecular flexibility index (Phi) is 6.75. The minimum Gasteiger partial charge on any atom is -0.493 e. The highest BCUT2D eigenvalue weighted by atomic mass is 35.5. The highest BCUT2D eigenvalue weighted by Gasteiger charge is 2.18. The van der Waals surface area contributed by atoms with E-state index in [2.05, 4.69) is 30.2 Å². The highest BCUT2D eigenvalue weighted by Crippen LogP contribution is 2.29. The molecular formula is C20H26ClN3O2. The number of rotatable bonds is 7. The fourth-order valence-electron chi connectivity index (χ4n) is 2.66. The van der Waals surface area contributed by atoms with Crippen LogP contribution in [0.3, 0.4) is 0 Å². The van der Waals surface area contributed by atoms with Gasteiger partial charge in [-0.25, -0.2) is 0 Å². The van der Waals surface area contributed by atoms with Crippen molar-refractivity contribution < 1.29 is 9.47 Å². The Morgan fingerprint density at radius 2 is 1.85 bits per heavy atom. The van der Waals surface area contributed by atoms with Gasteiger partial charge in [0.1, 0.15) is 0 Å². The molecule has 0 unspecified atom stereocenters. The average Bonchev–Trinajstić information content (AvgIpc) is 2.59. The Balaban J connectivity index is 2.00. The van der Waals surface area contributed by atoms with Crippen LogP contribution >= 0.6 is 11.6 Å². The summed E-state index contributed by atoms with van der Waals surface area (Å²) in [4.78, 5) is 4.49. The van der Waals surface area contributed by atoms with E-state index in [0.29, 0.717) is 24.0 Å². The molecule has 0 saturated heterocycles. The van der Waals surface area contributed by atoms with Crippen LogP contribution in [-0.4, -0.2) is 26.7 Å². The van der Waals surface area contributed by atoms with Crippen molar-refractivity contribution in [2.45, 2.75) is 20.3 Å². The van der Waals surface area contributed by atoms with E-state index in [0.717, 1.165) is 17.1 Å². The second-order valence-electron chi connectivity index (χ2n) is 6.87. The molecule has 140 valence electrons. The van der Waals surface area contributed by atoms with E-state index in [9.17, 15) is 0 Å². The van der Waals surface area contributed by atoms with E-state index < -0.39 is 0 Å². The van der Waals surface area contributed by atoms with Gasteiger partial charge >= 0.3 is 0 Å². The number of hydrogen-bond acceptors (Lipinski definition) is 3. The predicted octanol–water partition coefficient (Wildman–Crippen LogP) is 4.35. The van der Waals surface area contributed by atoms with Crippen molar-refractivity contribution in [2.24, 2.45) is 16.1 Å². The van der Waals surface area contributed by atoms with Gasteiger partial charge < -0.3 is 20.5 Å². The third kappa shape index (κ3) is 5.85. The van der Waals surface area contributed by atoms with Gasteiger partial charge in [0.05, 0.1) is 14.2 Å². The molecule has 0 atom stereocenters. The van der Waals surface area contributed by atoms with Gasteiger partial charge in [0.25, 0.3) is 0 Å².